The van der Waals surface area contributed by atoms with E-state index in [1.807, 2.05) is 32.0 Å². The maximum Gasteiger partial charge on any atom is 0.356 e. The number of benzene rings is 1. The molecule has 1 aromatic carbocycles. The lowest BCUT2D eigenvalue weighted by atomic mass is 10.1. The summed E-state index contributed by atoms with van der Waals surface area (Å²) < 4.78 is 5.60. The summed E-state index contributed by atoms with van der Waals surface area (Å²) in [6, 6.07) is 8.76. The number of hydrogen-bond donors (Lipinski definition) is 1. The van der Waals surface area contributed by atoms with Crippen LogP contribution in [0.25, 0.3) is 0 Å². The van der Waals surface area contributed by atoms with Crippen LogP contribution < -0.4 is 4.74 Å². The van der Waals surface area contributed by atoms with Crippen molar-refractivity contribution in [2.75, 3.05) is 0 Å². The van der Waals surface area contributed by atoms with E-state index in [9.17, 15) is 4.79 Å². The maximum atomic E-state index is 10.9. The van der Waals surface area contributed by atoms with Crippen LogP contribution in [0.2, 0.25) is 5.02 Å². The summed E-state index contributed by atoms with van der Waals surface area (Å²) in [6.07, 6.45) is 0. The third-order valence-electron chi connectivity index (χ3n) is 2.58. The van der Waals surface area contributed by atoms with Gasteiger partial charge in [0.15, 0.2) is 5.69 Å². The molecule has 0 aliphatic rings. The van der Waals surface area contributed by atoms with Crippen molar-refractivity contribution < 1.29 is 14.6 Å². The molecule has 0 radical (unpaired) electrons. The molecule has 2 rings (SSSR count). The lowest BCUT2D eigenvalue weighted by molar-refractivity contribution is 0.0690. The Kier molecular flexibility index (Phi) is 3.71. The minimum atomic E-state index is -1.18. The fraction of sp³-hybridized carbons (Fsp3) is 0.143. The van der Waals surface area contributed by atoms with Gasteiger partial charge >= 0.3 is 5.97 Å². The zero-order valence-corrected chi connectivity index (χ0v) is 11.2. The number of halogens is 1. The molecule has 0 aliphatic carbocycles. The largest absolute Gasteiger partial charge is 0.476 e. The molecule has 1 N–H and O–H groups in total. The number of nitrogens with zero attached hydrogens (tertiary/aromatic N) is 1. The van der Waals surface area contributed by atoms with Crippen LogP contribution in [0, 0.1) is 13.8 Å². The van der Waals surface area contributed by atoms with Crippen LogP contribution >= 0.6 is 11.6 Å². The molecule has 0 aliphatic heterocycles. The molecule has 0 bridgehead atoms. The summed E-state index contributed by atoms with van der Waals surface area (Å²) in [5.41, 5.74) is 1.77. The Bertz CT molecular complexity index is 641. The van der Waals surface area contributed by atoms with E-state index in [2.05, 4.69) is 4.98 Å². The van der Waals surface area contributed by atoms with E-state index in [1.165, 1.54) is 12.1 Å². The van der Waals surface area contributed by atoms with E-state index < -0.39 is 5.97 Å². The number of aryl methyl sites for hydroxylation is 2. The Morgan fingerprint density at radius 1 is 1.26 bits per heavy atom. The highest BCUT2D eigenvalue weighted by atomic mass is 35.5. The molecule has 1 aromatic heterocycles. The summed E-state index contributed by atoms with van der Waals surface area (Å²) in [5.74, 6) is -0.335. The van der Waals surface area contributed by atoms with Crippen LogP contribution in [0.4, 0.5) is 0 Å². The van der Waals surface area contributed by atoms with E-state index in [0.717, 1.165) is 11.1 Å². The quantitative estimate of drug-likeness (QED) is 0.926. The van der Waals surface area contributed by atoms with Gasteiger partial charge in [0.2, 0.25) is 5.88 Å². The summed E-state index contributed by atoms with van der Waals surface area (Å²) in [5, 5.41) is 9.04. The van der Waals surface area contributed by atoms with Gasteiger partial charge in [-0.05, 0) is 37.1 Å². The lowest BCUT2D eigenvalue weighted by Crippen LogP contribution is -2.02. The molecule has 2 aromatic rings. The Morgan fingerprint density at radius 2 is 2.00 bits per heavy atom. The average Bonchev–Trinajstić information content (AvgIpc) is 2.36. The fourth-order valence-electron chi connectivity index (χ4n) is 1.56. The van der Waals surface area contributed by atoms with Gasteiger partial charge < -0.3 is 9.84 Å². The number of aromatic nitrogens is 1. The third-order valence-corrected chi connectivity index (χ3v) is 2.89. The molecular formula is C14H12ClNO3. The molecule has 4 nitrogen and oxygen atoms in total. The standard InChI is InChI=1S/C14H12ClNO3/c1-8-3-4-9(2)11(7-8)19-12-6-5-10(15)13(16-12)14(17)18/h3-7H,1-2H3,(H,17,18). The SMILES string of the molecule is Cc1ccc(C)c(Oc2ccc(Cl)c(C(=O)O)n2)c1. The van der Waals surface area contributed by atoms with Crippen LogP contribution in [0.5, 0.6) is 11.6 Å². The van der Waals surface area contributed by atoms with Crippen LogP contribution in [-0.2, 0) is 0 Å². The number of pyridine rings is 1. The maximum absolute atomic E-state index is 10.9. The zero-order valence-electron chi connectivity index (χ0n) is 10.5. The van der Waals surface area contributed by atoms with Gasteiger partial charge in [-0.25, -0.2) is 9.78 Å². The summed E-state index contributed by atoms with van der Waals surface area (Å²) in [4.78, 5) is 14.8. The Hall–Kier alpha value is -2.07. The monoisotopic (exact) mass is 277 g/mol. The second-order valence-corrected chi connectivity index (χ2v) is 4.56. The van der Waals surface area contributed by atoms with E-state index >= 15 is 0 Å². The molecule has 0 amide bonds. The highest BCUT2D eigenvalue weighted by Crippen LogP contribution is 2.26. The molecule has 0 saturated carbocycles. The van der Waals surface area contributed by atoms with Gasteiger partial charge in [-0.3, -0.25) is 0 Å². The minimum absolute atomic E-state index is 0.0841. The molecule has 98 valence electrons. The van der Waals surface area contributed by atoms with Crippen molar-refractivity contribution in [1.29, 1.82) is 0 Å². The number of carboxylic acid groups (broad SMARTS) is 1. The molecule has 5 heteroatoms. The molecule has 19 heavy (non-hydrogen) atoms. The van der Waals surface area contributed by atoms with Gasteiger partial charge in [-0.2, -0.15) is 0 Å². The molecule has 0 atom stereocenters. The number of aromatic carboxylic acids is 1. The Balaban J connectivity index is 2.36. The van der Waals surface area contributed by atoms with Gasteiger partial charge in [0.1, 0.15) is 5.75 Å². The van der Waals surface area contributed by atoms with Crippen molar-refractivity contribution in [2.24, 2.45) is 0 Å². The molecule has 0 saturated heterocycles. The predicted octanol–water partition coefficient (Wildman–Crippen LogP) is 3.84. The number of rotatable bonds is 3. The first-order valence-corrected chi connectivity index (χ1v) is 6.00. The minimum Gasteiger partial charge on any atom is -0.476 e. The summed E-state index contributed by atoms with van der Waals surface area (Å²) in [7, 11) is 0. The molecular weight excluding hydrogens is 266 g/mol. The van der Waals surface area contributed by atoms with Crippen molar-refractivity contribution in [3.63, 3.8) is 0 Å². The van der Waals surface area contributed by atoms with Crippen molar-refractivity contribution in [1.82, 2.24) is 4.98 Å². The van der Waals surface area contributed by atoms with Gasteiger partial charge in [0.05, 0.1) is 5.02 Å². The van der Waals surface area contributed by atoms with Crippen LogP contribution in [-0.4, -0.2) is 16.1 Å². The zero-order chi connectivity index (χ0) is 14.0. The van der Waals surface area contributed by atoms with Crippen molar-refractivity contribution >= 4 is 17.6 Å². The van der Waals surface area contributed by atoms with Gasteiger partial charge in [-0.1, -0.05) is 23.7 Å². The van der Waals surface area contributed by atoms with Gasteiger partial charge in [0, 0.05) is 6.07 Å². The summed E-state index contributed by atoms with van der Waals surface area (Å²) >= 11 is 5.75. The highest BCUT2D eigenvalue weighted by molar-refractivity contribution is 6.33. The van der Waals surface area contributed by atoms with E-state index in [1.54, 1.807) is 0 Å². The van der Waals surface area contributed by atoms with E-state index in [4.69, 9.17) is 21.4 Å². The Morgan fingerprint density at radius 3 is 2.68 bits per heavy atom. The second-order valence-electron chi connectivity index (χ2n) is 4.16. The summed E-state index contributed by atoms with van der Waals surface area (Å²) in [6.45, 7) is 3.85. The van der Waals surface area contributed by atoms with Crippen molar-refractivity contribution in [2.45, 2.75) is 13.8 Å². The molecule has 1 heterocycles. The number of carbonyl (C=O) groups is 1. The molecule has 0 unspecified atom stereocenters. The second kappa shape index (κ2) is 5.28. The lowest BCUT2D eigenvalue weighted by Gasteiger charge is -2.09. The first kappa shape index (κ1) is 13.4. The predicted molar refractivity (Wildman–Crippen MR) is 72.2 cm³/mol. The van der Waals surface area contributed by atoms with Crippen LogP contribution in [0.3, 0.4) is 0 Å². The average molecular weight is 278 g/mol. The van der Waals surface area contributed by atoms with E-state index in [-0.39, 0.29) is 16.6 Å². The smallest absolute Gasteiger partial charge is 0.356 e. The first-order chi connectivity index (χ1) is 8.97. The molecule has 0 spiro atoms. The fourth-order valence-corrected chi connectivity index (χ4v) is 1.75. The van der Waals surface area contributed by atoms with Crippen LogP contribution in [0.1, 0.15) is 21.6 Å². The van der Waals surface area contributed by atoms with Gasteiger partial charge in [0.25, 0.3) is 0 Å². The number of hydrogen-bond acceptors (Lipinski definition) is 3. The topological polar surface area (TPSA) is 59.4 Å². The van der Waals surface area contributed by atoms with E-state index in [0.29, 0.717) is 5.75 Å². The third kappa shape index (κ3) is 3.03. The number of carboxylic acids is 1. The molecule has 0 fully saturated rings. The normalized spacial score (nSPS) is 10.3. The first-order valence-electron chi connectivity index (χ1n) is 5.62. The number of ether oxygens (including phenoxy) is 1. The highest BCUT2D eigenvalue weighted by Gasteiger charge is 2.13. The van der Waals surface area contributed by atoms with Crippen molar-refractivity contribution in [3.05, 3.63) is 52.2 Å². The van der Waals surface area contributed by atoms with Crippen LogP contribution in [0.15, 0.2) is 30.3 Å². The van der Waals surface area contributed by atoms with Gasteiger partial charge in [-0.15, -0.1) is 0 Å². The van der Waals surface area contributed by atoms with Crippen molar-refractivity contribution in [3.8, 4) is 11.6 Å². The Labute approximate surface area is 115 Å².